The van der Waals surface area contributed by atoms with Gasteiger partial charge in [-0.25, -0.2) is 9.67 Å². The molecule has 18 heavy (non-hydrogen) atoms. The molecule has 0 aliphatic rings. The molecule has 1 heterocycles. The van der Waals surface area contributed by atoms with Crippen molar-refractivity contribution >= 4 is 5.69 Å². The minimum atomic E-state index is 0.714. The number of para-hydroxylation sites is 1. The minimum absolute atomic E-state index is 0.714. The molecule has 0 radical (unpaired) electrons. The summed E-state index contributed by atoms with van der Waals surface area (Å²) in [6, 6.07) is 6.31. The first kappa shape index (κ1) is 12.6. The van der Waals surface area contributed by atoms with Crippen molar-refractivity contribution in [2.45, 2.75) is 40.3 Å². The number of nitrogens with one attached hydrogen (secondary N) is 1. The number of nitrogens with zero attached hydrogens (tertiary/aromatic N) is 3. The first-order valence-corrected chi connectivity index (χ1v) is 6.39. The molecule has 1 aromatic carbocycles. The number of rotatable bonds is 5. The summed E-state index contributed by atoms with van der Waals surface area (Å²) < 4.78 is 1.96. The topological polar surface area (TPSA) is 42.7 Å². The molecule has 0 aliphatic heterocycles. The maximum absolute atomic E-state index is 4.30. The maximum atomic E-state index is 4.30. The Labute approximate surface area is 108 Å². The largest absolute Gasteiger partial charge is 0.377 e. The average Bonchev–Trinajstić information content (AvgIpc) is 2.77. The quantitative estimate of drug-likeness (QED) is 0.879. The van der Waals surface area contributed by atoms with Crippen LogP contribution < -0.4 is 5.32 Å². The van der Waals surface area contributed by atoms with Gasteiger partial charge in [0.2, 0.25) is 0 Å². The Morgan fingerprint density at radius 3 is 2.61 bits per heavy atom. The van der Waals surface area contributed by atoms with E-state index in [-0.39, 0.29) is 0 Å². The molecule has 1 N–H and O–H groups in total. The van der Waals surface area contributed by atoms with Crippen molar-refractivity contribution in [3.63, 3.8) is 0 Å². The molecule has 0 saturated heterocycles. The molecule has 0 fully saturated rings. The zero-order valence-corrected chi connectivity index (χ0v) is 11.3. The fourth-order valence-electron chi connectivity index (χ4n) is 2.08. The second-order valence-corrected chi connectivity index (χ2v) is 4.52. The Hall–Kier alpha value is -1.84. The van der Waals surface area contributed by atoms with E-state index in [1.165, 1.54) is 16.8 Å². The van der Waals surface area contributed by atoms with Gasteiger partial charge in [0, 0.05) is 12.2 Å². The summed E-state index contributed by atoms with van der Waals surface area (Å²) in [5.74, 6) is 0.986. The van der Waals surface area contributed by atoms with Crippen LogP contribution in [0.1, 0.15) is 30.3 Å². The molecule has 0 spiro atoms. The summed E-state index contributed by atoms with van der Waals surface area (Å²) in [7, 11) is 0. The van der Waals surface area contributed by atoms with Crippen LogP contribution >= 0.6 is 0 Å². The fraction of sp³-hybridized carbons (Fsp3) is 0.429. The predicted molar refractivity (Wildman–Crippen MR) is 73.6 cm³/mol. The highest BCUT2D eigenvalue weighted by Crippen LogP contribution is 2.19. The third kappa shape index (κ3) is 2.70. The molecular weight excluding hydrogens is 224 g/mol. The predicted octanol–water partition coefficient (Wildman–Crippen LogP) is 2.92. The van der Waals surface area contributed by atoms with E-state index in [0.717, 1.165) is 18.8 Å². The molecule has 4 nitrogen and oxygen atoms in total. The van der Waals surface area contributed by atoms with Crippen LogP contribution in [0.2, 0.25) is 0 Å². The molecule has 1 aromatic heterocycles. The Morgan fingerprint density at radius 1 is 1.22 bits per heavy atom. The van der Waals surface area contributed by atoms with Crippen molar-refractivity contribution < 1.29 is 0 Å². The van der Waals surface area contributed by atoms with Crippen LogP contribution in [-0.4, -0.2) is 14.8 Å². The molecule has 0 aliphatic carbocycles. The fourth-order valence-corrected chi connectivity index (χ4v) is 2.08. The highest BCUT2D eigenvalue weighted by atomic mass is 15.3. The van der Waals surface area contributed by atoms with Gasteiger partial charge in [-0.15, -0.1) is 0 Å². The van der Waals surface area contributed by atoms with Gasteiger partial charge in [-0.05, 0) is 31.4 Å². The Kier molecular flexibility index (Phi) is 3.97. The highest BCUT2D eigenvalue weighted by molar-refractivity contribution is 5.56. The summed E-state index contributed by atoms with van der Waals surface area (Å²) in [4.78, 5) is 4.30. The number of anilines is 1. The molecule has 0 atom stereocenters. The van der Waals surface area contributed by atoms with Crippen LogP contribution in [-0.2, 0) is 13.1 Å². The van der Waals surface area contributed by atoms with Gasteiger partial charge in [-0.2, -0.15) is 5.10 Å². The summed E-state index contributed by atoms with van der Waals surface area (Å²) in [5.41, 5.74) is 3.72. The zero-order chi connectivity index (χ0) is 13.0. The van der Waals surface area contributed by atoms with Gasteiger partial charge in [-0.3, -0.25) is 0 Å². The second kappa shape index (κ2) is 5.67. The third-order valence-corrected chi connectivity index (χ3v) is 3.04. The van der Waals surface area contributed by atoms with Crippen molar-refractivity contribution in [1.82, 2.24) is 14.8 Å². The minimum Gasteiger partial charge on any atom is -0.377 e. The molecule has 0 bridgehead atoms. The van der Waals surface area contributed by atoms with Crippen molar-refractivity contribution in [2.24, 2.45) is 0 Å². The molecule has 0 amide bonds. The lowest BCUT2D eigenvalue weighted by molar-refractivity contribution is 0.574. The molecule has 0 saturated carbocycles. The van der Waals surface area contributed by atoms with E-state index in [1.54, 1.807) is 6.33 Å². The van der Waals surface area contributed by atoms with Gasteiger partial charge in [0.25, 0.3) is 0 Å². The van der Waals surface area contributed by atoms with Gasteiger partial charge in [-0.1, -0.05) is 25.1 Å². The Bertz CT molecular complexity index is 496. The number of hydrogen-bond acceptors (Lipinski definition) is 3. The van der Waals surface area contributed by atoms with E-state index in [4.69, 9.17) is 0 Å². The number of aryl methyl sites for hydroxylation is 3. The van der Waals surface area contributed by atoms with E-state index in [1.807, 2.05) is 4.68 Å². The van der Waals surface area contributed by atoms with Gasteiger partial charge in [0.1, 0.15) is 12.2 Å². The lowest BCUT2D eigenvalue weighted by Gasteiger charge is -2.12. The lowest BCUT2D eigenvalue weighted by Crippen LogP contribution is -2.11. The van der Waals surface area contributed by atoms with Gasteiger partial charge >= 0.3 is 0 Å². The van der Waals surface area contributed by atoms with E-state index in [2.05, 4.69) is 54.4 Å². The Balaban J connectivity index is 2.09. The summed E-state index contributed by atoms with van der Waals surface area (Å²) in [6.45, 7) is 8.01. The van der Waals surface area contributed by atoms with Crippen molar-refractivity contribution in [3.05, 3.63) is 41.5 Å². The van der Waals surface area contributed by atoms with Crippen molar-refractivity contribution in [2.75, 3.05) is 5.32 Å². The highest BCUT2D eigenvalue weighted by Gasteiger charge is 2.05. The first-order chi connectivity index (χ1) is 8.72. The molecule has 2 rings (SSSR count). The SMILES string of the molecule is CCCn1ncnc1CNc1c(C)cccc1C. The van der Waals surface area contributed by atoms with Crippen molar-refractivity contribution in [1.29, 1.82) is 0 Å². The summed E-state index contributed by atoms with van der Waals surface area (Å²) >= 11 is 0. The summed E-state index contributed by atoms with van der Waals surface area (Å²) in [6.07, 6.45) is 2.69. The van der Waals surface area contributed by atoms with Crippen LogP contribution in [0, 0.1) is 13.8 Å². The van der Waals surface area contributed by atoms with E-state index in [9.17, 15) is 0 Å². The van der Waals surface area contributed by atoms with E-state index >= 15 is 0 Å². The van der Waals surface area contributed by atoms with E-state index in [0.29, 0.717) is 6.54 Å². The van der Waals surface area contributed by atoms with Gasteiger partial charge in [0.15, 0.2) is 0 Å². The number of aromatic nitrogens is 3. The molecule has 0 unspecified atom stereocenters. The van der Waals surface area contributed by atoms with Crippen LogP contribution in [0.25, 0.3) is 0 Å². The van der Waals surface area contributed by atoms with Gasteiger partial charge in [0.05, 0.1) is 6.54 Å². The van der Waals surface area contributed by atoms with Gasteiger partial charge < -0.3 is 5.32 Å². The normalized spacial score (nSPS) is 10.6. The standard InChI is InChI=1S/C14H20N4/c1-4-8-18-13(16-10-17-18)9-15-14-11(2)6-5-7-12(14)3/h5-7,10,15H,4,8-9H2,1-3H3. The van der Waals surface area contributed by atoms with Crippen molar-refractivity contribution in [3.8, 4) is 0 Å². The molecule has 4 heteroatoms. The average molecular weight is 244 g/mol. The number of benzene rings is 1. The molecule has 96 valence electrons. The monoisotopic (exact) mass is 244 g/mol. The second-order valence-electron chi connectivity index (χ2n) is 4.52. The molecular formula is C14H20N4. The zero-order valence-electron chi connectivity index (χ0n) is 11.3. The van der Waals surface area contributed by atoms with E-state index < -0.39 is 0 Å². The number of hydrogen-bond donors (Lipinski definition) is 1. The molecule has 2 aromatic rings. The first-order valence-electron chi connectivity index (χ1n) is 6.39. The maximum Gasteiger partial charge on any atom is 0.146 e. The Morgan fingerprint density at radius 2 is 1.94 bits per heavy atom. The van der Waals surface area contributed by atoms with Crippen LogP contribution in [0.5, 0.6) is 0 Å². The van der Waals surface area contributed by atoms with Crippen LogP contribution in [0.4, 0.5) is 5.69 Å². The third-order valence-electron chi connectivity index (χ3n) is 3.04. The van der Waals surface area contributed by atoms with Crippen LogP contribution in [0.15, 0.2) is 24.5 Å². The lowest BCUT2D eigenvalue weighted by atomic mass is 10.1. The summed E-state index contributed by atoms with van der Waals surface area (Å²) in [5, 5.41) is 7.69. The van der Waals surface area contributed by atoms with Crippen LogP contribution in [0.3, 0.4) is 0 Å². The smallest absolute Gasteiger partial charge is 0.146 e.